The summed E-state index contributed by atoms with van der Waals surface area (Å²) < 4.78 is 19.3. The smallest absolute Gasteiger partial charge is 0.248 e. The first-order chi connectivity index (χ1) is 13.7. The number of hydrogen-bond acceptors (Lipinski definition) is 7. The Morgan fingerprint density at radius 3 is 2.39 bits per heavy atom. The molecular weight excluding hydrogens is 426 g/mol. The van der Waals surface area contributed by atoms with Gasteiger partial charge in [0, 0.05) is 15.7 Å². The van der Waals surface area contributed by atoms with Gasteiger partial charge in [0.05, 0.1) is 21.3 Å². The molecule has 4 rings (SSSR count). The Morgan fingerprint density at radius 1 is 0.964 bits per heavy atom. The molecule has 8 nitrogen and oxygen atoms in total. The third-order valence-electron chi connectivity index (χ3n) is 4.54. The van der Waals surface area contributed by atoms with Crippen molar-refractivity contribution < 1.29 is 14.2 Å². The van der Waals surface area contributed by atoms with Crippen LogP contribution in [0.25, 0.3) is 5.70 Å². The van der Waals surface area contributed by atoms with Gasteiger partial charge in [-0.2, -0.15) is 4.68 Å². The first-order valence-corrected chi connectivity index (χ1v) is 9.27. The van der Waals surface area contributed by atoms with Crippen molar-refractivity contribution in [3.63, 3.8) is 0 Å². The lowest BCUT2D eigenvalue weighted by Gasteiger charge is -2.25. The Hall–Kier alpha value is -3.07. The summed E-state index contributed by atoms with van der Waals surface area (Å²) in [6, 6.07) is 11.5. The van der Waals surface area contributed by atoms with E-state index in [0.29, 0.717) is 23.2 Å². The minimum atomic E-state index is -0.292. The standard InChI is InChI=1S/C19H18BrN5O3/c1-26-16-9-8-13(17(27-2)18(16)28-3)15-10-14(11-4-6-12(20)7-5-11)21-19-22-23-24-25(15)19/h4-10,15H,1-3H3,(H,21,22,24)/t15-/m1/s1. The van der Waals surface area contributed by atoms with Gasteiger partial charge >= 0.3 is 0 Å². The monoisotopic (exact) mass is 443 g/mol. The van der Waals surface area contributed by atoms with Crippen molar-refractivity contribution in [2.24, 2.45) is 0 Å². The van der Waals surface area contributed by atoms with Gasteiger partial charge in [-0.25, -0.2) is 0 Å². The van der Waals surface area contributed by atoms with E-state index in [1.165, 1.54) is 0 Å². The number of allylic oxidation sites excluding steroid dienone is 1. The quantitative estimate of drug-likeness (QED) is 0.645. The Balaban J connectivity index is 1.87. The number of hydrogen-bond donors (Lipinski definition) is 1. The van der Waals surface area contributed by atoms with Crippen LogP contribution in [0.4, 0.5) is 5.95 Å². The Morgan fingerprint density at radius 2 is 1.71 bits per heavy atom. The average molecular weight is 444 g/mol. The lowest BCUT2D eigenvalue weighted by Crippen LogP contribution is -2.21. The molecule has 1 aromatic heterocycles. The van der Waals surface area contributed by atoms with Gasteiger partial charge in [-0.1, -0.05) is 33.2 Å². The van der Waals surface area contributed by atoms with Gasteiger partial charge in [0.1, 0.15) is 6.04 Å². The second-order valence-electron chi connectivity index (χ2n) is 6.03. The molecule has 1 aliphatic heterocycles. The number of nitrogens with one attached hydrogen (secondary N) is 1. The van der Waals surface area contributed by atoms with E-state index in [9.17, 15) is 0 Å². The third kappa shape index (κ3) is 3.07. The largest absolute Gasteiger partial charge is 0.493 e. The molecule has 0 saturated carbocycles. The van der Waals surface area contributed by atoms with Crippen LogP contribution in [0.15, 0.2) is 46.9 Å². The molecule has 0 fully saturated rings. The molecule has 0 unspecified atom stereocenters. The average Bonchev–Trinajstić information content (AvgIpc) is 3.21. The molecule has 2 heterocycles. The van der Waals surface area contributed by atoms with E-state index in [1.54, 1.807) is 26.0 Å². The summed E-state index contributed by atoms with van der Waals surface area (Å²) in [5.41, 5.74) is 2.77. The zero-order valence-electron chi connectivity index (χ0n) is 15.5. The molecule has 0 amide bonds. The van der Waals surface area contributed by atoms with Crippen LogP contribution in [-0.2, 0) is 0 Å². The summed E-state index contributed by atoms with van der Waals surface area (Å²) in [7, 11) is 4.77. The minimum Gasteiger partial charge on any atom is -0.493 e. The number of methoxy groups -OCH3 is 3. The van der Waals surface area contributed by atoms with E-state index in [4.69, 9.17) is 14.2 Å². The Bertz CT molecular complexity index is 1030. The van der Waals surface area contributed by atoms with Gasteiger partial charge in [0.25, 0.3) is 0 Å². The third-order valence-corrected chi connectivity index (χ3v) is 5.06. The Labute approximate surface area is 170 Å². The number of tetrazole rings is 1. The number of anilines is 1. The number of ether oxygens (including phenoxy) is 3. The molecule has 0 radical (unpaired) electrons. The van der Waals surface area contributed by atoms with Crippen LogP contribution >= 0.6 is 15.9 Å². The van der Waals surface area contributed by atoms with Crippen molar-refractivity contribution in [2.45, 2.75) is 6.04 Å². The van der Waals surface area contributed by atoms with E-state index >= 15 is 0 Å². The lowest BCUT2D eigenvalue weighted by molar-refractivity contribution is 0.320. The maximum absolute atomic E-state index is 5.67. The SMILES string of the molecule is COc1ccc([C@H]2C=C(c3ccc(Br)cc3)Nc3nnnn32)c(OC)c1OC. The van der Waals surface area contributed by atoms with Gasteiger partial charge in [-0.15, -0.1) is 0 Å². The van der Waals surface area contributed by atoms with E-state index < -0.39 is 0 Å². The molecule has 0 spiro atoms. The molecule has 0 bridgehead atoms. The van der Waals surface area contributed by atoms with Gasteiger partial charge in [-0.05, 0) is 46.3 Å². The second-order valence-corrected chi connectivity index (χ2v) is 6.94. The van der Waals surface area contributed by atoms with Crippen LogP contribution < -0.4 is 19.5 Å². The highest BCUT2D eigenvalue weighted by molar-refractivity contribution is 9.10. The van der Waals surface area contributed by atoms with Crippen LogP contribution in [0.5, 0.6) is 17.2 Å². The normalized spacial score (nSPS) is 15.3. The fraction of sp³-hybridized carbons (Fsp3) is 0.211. The molecule has 9 heteroatoms. The number of aromatic nitrogens is 4. The van der Waals surface area contributed by atoms with Crippen LogP contribution in [0.3, 0.4) is 0 Å². The number of halogens is 1. The van der Waals surface area contributed by atoms with Gasteiger partial charge in [-0.3, -0.25) is 0 Å². The van der Waals surface area contributed by atoms with Crippen molar-refractivity contribution in [1.82, 2.24) is 20.2 Å². The maximum atomic E-state index is 5.67. The number of nitrogens with zero attached hydrogens (tertiary/aromatic N) is 4. The summed E-state index contributed by atoms with van der Waals surface area (Å²) in [5.74, 6) is 2.23. The van der Waals surface area contributed by atoms with Crippen LogP contribution in [-0.4, -0.2) is 41.5 Å². The molecule has 0 aliphatic carbocycles. The van der Waals surface area contributed by atoms with Gasteiger partial charge in [0.15, 0.2) is 11.5 Å². The van der Waals surface area contributed by atoms with E-state index in [-0.39, 0.29) is 6.04 Å². The molecule has 1 aliphatic rings. The van der Waals surface area contributed by atoms with Crippen LogP contribution in [0.1, 0.15) is 17.2 Å². The summed E-state index contributed by atoms with van der Waals surface area (Å²) in [5, 5.41) is 15.3. The van der Waals surface area contributed by atoms with E-state index in [1.807, 2.05) is 36.4 Å². The topological polar surface area (TPSA) is 83.3 Å². The lowest BCUT2D eigenvalue weighted by atomic mass is 10.00. The molecule has 28 heavy (non-hydrogen) atoms. The number of fused-ring (bicyclic) bond motifs is 1. The highest BCUT2D eigenvalue weighted by Crippen LogP contribution is 2.44. The van der Waals surface area contributed by atoms with Crippen molar-refractivity contribution in [1.29, 1.82) is 0 Å². The van der Waals surface area contributed by atoms with Crippen molar-refractivity contribution in [3.05, 3.63) is 58.1 Å². The van der Waals surface area contributed by atoms with Gasteiger partial charge in [0.2, 0.25) is 11.7 Å². The molecule has 0 saturated heterocycles. The molecule has 1 N–H and O–H groups in total. The van der Waals surface area contributed by atoms with Crippen molar-refractivity contribution in [3.8, 4) is 17.2 Å². The highest BCUT2D eigenvalue weighted by Gasteiger charge is 2.29. The van der Waals surface area contributed by atoms with Crippen LogP contribution in [0.2, 0.25) is 0 Å². The molecule has 2 aromatic carbocycles. The summed E-state index contributed by atoms with van der Waals surface area (Å²) >= 11 is 3.47. The first-order valence-electron chi connectivity index (χ1n) is 8.47. The van der Waals surface area contributed by atoms with Gasteiger partial charge < -0.3 is 19.5 Å². The van der Waals surface area contributed by atoms with Crippen molar-refractivity contribution in [2.75, 3.05) is 26.6 Å². The zero-order valence-corrected chi connectivity index (χ0v) is 17.1. The fourth-order valence-electron chi connectivity index (χ4n) is 3.23. The summed E-state index contributed by atoms with van der Waals surface area (Å²) in [6.45, 7) is 0. The predicted molar refractivity (Wildman–Crippen MR) is 108 cm³/mol. The molecule has 144 valence electrons. The Kier molecular flexibility index (Phi) is 4.91. The molecule has 3 aromatic rings. The number of rotatable bonds is 5. The zero-order chi connectivity index (χ0) is 19.7. The van der Waals surface area contributed by atoms with E-state index in [0.717, 1.165) is 21.3 Å². The highest BCUT2D eigenvalue weighted by atomic mass is 79.9. The maximum Gasteiger partial charge on any atom is 0.248 e. The summed E-state index contributed by atoms with van der Waals surface area (Å²) in [4.78, 5) is 0. The predicted octanol–water partition coefficient (Wildman–Crippen LogP) is 3.52. The van der Waals surface area contributed by atoms with Crippen LogP contribution in [0, 0.1) is 0 Å². The molecule has 1 atom stereocenters. The van der Waals surface area contributed by atoms with E-state index in [2.05, 4.69) is 42.8 Å². The fourth-order valence-corrected chi connectivity index (χ4v) is 3.49. The number of benzene rings is 2. The second kappa shape index (κ2) is 7.51. The molecular formula is C19H18BrN5O3. The van der Waals surface area contributed by atoms with Crippen molar-refractivity contribution >= 4 is 27.6 Å². The summed E-state index contributed by atoms with van der Waals surface area (Å²) in [6.07, 6.45) is 2.05. The minimum absolute atomic E-state index is 0.292. The first kappa shape index (κ1) is 18.3.